The van der Waals surface area contributed by atoms with E-state index in [1.807, 2.05) is 57.2 Å². The zero-order valence-corrected chi connectivity index (χ0v) is 17.6. The van der Waals surface area contributed by atoms with Crippen molar-refractivity contribution in [2.24, 2.45) is 0 Å². The Balaban J connectivity index is 1.88. The second-order valence-corrected chi connectivity index (χ2v) is 8.36. The molecule has 0 spiro atoms. The van der Waals surface area contributed by atoms with Gasteiger partial charge in [0.15, 0.2) is 0 Å². The highest BCUT2D eigenvalue weighted by Gasteiger charge is 2.23. The number of furan rings is 1. The van der Waals surface area contributed by atoms with E-state index in [0.29, 0.717) is 34.5 Å². The summed E-state index contributed by atoms with van der Waals surface area (Å²) in [5.41, 5.74) is 2.81. The lowest BCUT2D eigenvalue weighted by Crippen LogP contribution is -2.18. The Morgan fingerprint density at radius 1 is 1.07 bits per heavy atom. The van der Waals surface area contributed by atoms with Crippen LogP contribution in [0.15, 0.2) is 62.4 Å². The van der Waals surface area contributed by atoms with Crippen LogP contribution < -0.4 is 5.43 Å². The Hall–Kier alpha value is -3.34. The molecule has 0 aliphatic rings. The van der Waals surface area contributed by atoms with Gasteiger partial charge in [-0.15, -0.1) is 0 Å². The molecule has 4 rings (SSSR count). The number of carbonyl (C=O) groups is 1. The Labute approximate surface area is 174 Å². The molecular formula is C25H24O5. The van der Waals surface area contributed by atoms with E-state index in [-0.39, 0.29) is 23.2 Å². The van der Waals surface area contributed by atoms with Crippen molar-refractivity contribution in [1.82, 2.24) is 0 Å². The van der Waals surface area contributed by atoms with Gasteiger partial charge in [0.05, 0.1) is 18.4 Å². The first-order valence-electron chi connectivity index (χ1n) is 10.0. The third-order valence-electron chi connectivity index (χ3n) is 5.14. The first kappa shape index (κ1) is 20.0. The van der Waals surface area contributed by atoms with E-state index in [1.165, 1.54) is 6.26 Å². The van der Waals surface area contributed by atoms with E-state index in [1.54, 1.807) is 13.0 Å². The first-order chi connectivity index (χ1) is 14.3. The van der Waals surface area contributed by atoms with Crippen molar-refractivity contribution in [1.29, 1.82) is 0 Å². The minimum atomic E-state index is -0.302. The molecule has 0 unspecified atom stereocenters. The number of hydrogen-bond acceptors (Lipinski definition) is 5. The fraction of sp³-hybridized carbons (Fsp3) is 0.280. The van der Waals surface area contributed by atoms with Gasteiger partial charge in [-0.25, -0.2) is 0 Å². The van der Waals surface area contributed by atoms with Gasteiger partial charge in [-0.2, -0.15) is 0 Å². The van der Waals surface area contributed by atoms with E-state index in [2.05, 4.69) is 0 Å². The van der Waals surface area contributed by atoms with Gasteiger partial charge in [-0.05, 0) is 47.7 Å². The van der Waals surface area contributed by atoms with Gasteiger partial charge in [0.2, 0.25) is 5.43 Å². The van der Waals surface area contributed by atoms with Gasteiger partial charge in [0.25, 0.3) is 0 Å². The lowest BCUT2D eigenvalue weighted by Gasteiger charge is -2.23. The van der Waals surface area contributed by atoms with Crippen molar-refractivity contribution in [3.63, 3.8) is 0 Å². The topological polar surface area (TPSA) is 69.7 Å². The largest absolute Gasteiger partial charge is 0.466 e. The fourth-order valence-corrected chi connectivity index (χ4v) is 3.71. The number of rotatable bonds is 4. The van der Waals surface area contributed by atoms with Crippen molar-refractivity contribution in [3.8, 4) is 11.3 Å². The number of para-hydroxylation sites is 1. The van der Waals surface area contributed by atoms with Crippen LogP contribution in [-0.4, -0.2) is 12.6 Å². The molecule has 0 saturated heterocycles. The zero-order chi connectivity index (χ0) is 21.5. The Kier molecular flexibility index (Phi) is 4.98. The molecule has 0 radical (unpaired) electrons. The number of esters is 1. The normalized spacial score (nSPS) is 11.9. The molecule has 30 heavy (non-hydrogen) atoms. The summed E-state index contributed by atoms with van der Waals surface area (Å²) in [6.45, 7) is 8.25. The third-order valence-corrected chi connectivity index (χ3v) is 5.14. The van der Waals surface area contributed by atoms with E-state index >= 15 is 0 Å². The minimum absolute atomic E-state index is 0.130. The van der Waals surface area contributed by atoms with Crippen molar-refractivity contribution in [3.05, 3.63) is 70.1 Å². The molecule has 0 amide bonds. The van der Waals surface area contributed by atoms with Crippen LogP contribution in [0.3, 0.4) is 0 Å². The number of carbonyl (C=O) groups excluding carboxylic acids is 1. The summed E-state index contributed by atoms with van der Waals surface area (Å²) in [6, 6.07) is 13.1. The number of ether oxygens (including phenoxy) is 1. The van der Waals surface area contributed by atoms with E-state index in [0.717, 1.165) is 16.5 Å². The summed E-state index contributed by atoms with van der Waals surface area (Å²) in [7, 11) is 0. The maximum Gasteiger partial charge on any atom is 0.310 e. The lowest BCUT2D eigenvalue weighted by atomic mass is 9.82. The number of hydrogen-bond donors (Lipinski definition) is 0. The standard InChI is InChI=1S/C25H24O5/c1-5-28-23(26)12-16-11-21-17(13-19(16)25(2,3)4)24(27)18(14-29-21)22-10-15-8-6-7-9-20(15)30-22/h6-11,13-14H,5,12H2,1-4H3. The second kappa shape index (κ2) is 7.48. The number of fused-ring (bicyclic) bond motifs is 2. The van der Waals surface area contributed by atoms with Crippen molar-refractivity contribution < 1.29 is 18.4 Å². The molecule has 0 fully saturated rings. The highest BCUT2D eigenvalue weighted by molar-refractivity contribution is 5.87. The molecule has 0 aliphatic heterocycles. The van der Waals surface area contributed by atoms with Gasteiger partial charge in [0, 0.05) is 5.39 Å². The SMILES string of the molecule is CCOC(=O)Cc1cc2occ(-c3cc4ccccc4o3)c(=O)c2cc1C(C)(C)C. The molecule has 154 valence electrons. The van der Waals surface area contributed by atoms with Crippen LogP contribution in [0, 0.1) is 0 Å². The first-order valence-corrected chi connectivity index (χ1v) is 10.0. The summed E-state index contributed by atoms with van der Waals surface area (Å²) >= 11 is 0. The molecule has 2 aromatic heterocycles. The third kappa shape index (κ3) is 3.63. The predicted molar refractivity (Wildman–Crippen MR) is 117 cm³/mol. The molecule has 0 bridgehead atoms. The van der Waals surface area contributed by atoms with Gasteiger partial charge in [0.1, 0.15) is 28.8 Å². The van der Waals surface area contributed by atoms with E-state index < -0.39 is 0 Å². The highest BCUT2D eigenvalue weighted by atomic mass is 16.5. The quantitative estimate of drug-likeness (QED) is 0.414. The molecule has 5 nitrogen and oxygen atoms in total. The average Bonchev–Trinajstić information content (AvgIpc) is 3.11. The molecule has 0 N–H and O–H groups in total. The smallest absolute Gasteiger partial charge is 0.310 e. The van der Waals surface area contributed by atoms with Gasteiger partial charge in [-0.1, -0.05) is 39.0 Å². The van der Waals surface area contributed by atoms with Crippen molar-refractivity contribution in [2.75, 3.05) is 6.61 Å². The summed E-state index contributed by atoms with van der Waals surface area (Å²) < 4.78 is 16.8. The molecule has 0 saturated carbocycles. The molecular weight excluding hydrogens is 380 g/mol. The molecule has 2 heterocycles. The highest BCUT2D eigenvalue weighted by Crippen LogP contribution is 2.32. The molecule has 0 atom stereocenters. The fourth-order valence-electron chi connectivity index (χ4n) is 3.71. The van der Waals surface area contributed by atoms with Gasteiger partial charge >= 0.3 is 5.97 Å². The summed E-state index contributed by atoms with van der Waals surface area (Å²) in [6.07, 6.45) is 1.55. The van der Waals surface area contributed by atoms with E-state index in [9.17, 15) is 9.59 Å². The van der Waals surface area contributed by atoms with Crippen LogP contribution in [0.1, 0.15) is 38.8 Å². The van der Waals surface area contributed by atoms with E-state index in [4.69, 9.17) is 13.6 Å². The van der Waals surface area contributed by atoms with Crippen LogP contribution in [0.5, 0.6) is 0 Å². The average molecular weight is 404 g/mol. The van der Waals surface area contributed by atoms with Crippen LogP contribution in [0.2, 0.25) is 0 Å². The Morgan fingerprint density at radius 3 is 2.53 bits per heavy atom. The van der Waals surface area contributed by atoms with Crippen LogP contribution in [0.4, 0.5) is 0 Å². The van der Waals surface area contributed by atoms with Crippen LogP contribution in [-0.2, 0) is 21.4 Å². The van der Waals surface area contributed by atoms with Gasteiger partial charge < -0.3 is 13.6 Å². The summed E-state index contributed by atoms with van der Waals surface area (Å²) in [5.74, 6) is 0.170. The molecule has 0 aliphatic carbocycles. The monoisotopic (exact) mass is 404 g/mol. The van der Waals surface area contributed by atoms with Crippen molar-refractivity contribution >= 4 is 27.9 Å². The van der Waals surface area contributed by atoms with Crippen LogP contribution in [0.25, 0.3) is 33.3 Å². The second-order valence-electron chi connectivity index (χ2n) is 8.36. The number of benzene rings is 2. The zero-order valence-electron chi connectivity index (χ0n) is 17.6. The molecule has 5 heteroatoms. The predicted octanol–water partition coefficient (Wildman–Crippen LogP) is 5.61. The summed E-state index contributed by atoms with van der Waals surface area (Å²) in [5, 5.41) is 1.39. The lowest BCUT2D eigenvalue weighted by molar-refractivity contribution is -0.142. The van der Waals surface area contributed by atoms with Crippen molar-refractivity contribution in [2.45, 2.75) is 39.5 Å². The molecule has 4 aromatic rings. The van der Waals surface area contributed by atoms with Gasteiger partial charge in [-0.3, -0.25) is 9.59 Å². The maximum absolute atomic E-state index is 13.3. The Bertz CT molecular complexity index is 1270. The molecule has 2 aromatic carbocycles. The minimum Gasteiger partial charge on any atom is -0.466 e. The maximum atomic E-state index is 13.3. The summed E-state index contributed by atoms with van der Waals surface area (Å²) in [4.78, 5) is 25.4. The Morgan fingerprint density at radius 2 is 1.83 bits per heavy atom. The van der Waals surface area contributed by atoms with Crippen LogP contribution >= 0.6 is 0 Å².